The fourth-order valence-electron chi connectivity index (χ4n) is 4.51. The van der Waals surface area contributed by atoms with Gasteiger partial charge in [-0.25, -0.2) is 14.3 Å². The zero-order chi connectivity index (χ0) is 25.9. The summed E-state index contributed by atoms with van der Waals surface area (Å²) in [5.74, 6) is 0.428. The third kappa shape index (κ3) is 4.87. The van der Waals surface area contributed by atoms with Crippen molar-refractivity contribution in [3.8, 4) is 28.3 Å². The van der Waals surface area contributed by atoms with E-state index in [1.54, 1.807) is 27.7 Å². The van der Waals surface area contributed by atoms with Crippen molar-refractivity contribution in [2.45, 2.75) is 52.6 Å². The Morgan fingerprint density at radius 1 is 1.08 bits per heavy atom. The van der Waals surface area contributed by atoms with Crippen molar-refractivity contribution >= 4 is 0 Å². The summed E-state index contributed by atoms with van der Waals surface area (Å²) < 4.78 is 19.7. The maximum atomic E-state index is 14.8. The van der Waals surface area contributed by atoms with Gasteiger partial charge in [0.05, 0.1) is 12.2 Å². The molecule has 0 saturated heterocycles. The zero-order valence-electron chi connectivity index (χ0n) is 21.1. The summed E-state index contributed by atoms with van der Waals surface area (Å²) in [7, 11) is 0. The molecule has 0 unspecified atom stereocenters. The molecule has 1 aromatic carbocycles. The highest BCUT2D eigenvalue weighted by atomic mass is 19.1. The molecule has 5 rings (SSSR count). The van der Waals surface area contributed by atoms with Crippen LogP contribution < -0.4 is 5.69 Å². The van der Waals surface area contributed by atoms with Crippen molar-refractivity contribution in [1.82, 2.24) is 39.3 Å². The van der Waals surface area contributed by atoms with Gasteiger partial charge in [-0.2, -0.15) is 0 Å². The van der Waals surface area contributed by atoms with Crippen LogP contribution in [0.4, 0.5) is 4.39 Å². The average molecular weight is 501 g/mol. The number of halogens is 1. The minimum Gasteiger partial charge on any atom is -0.329 e. The number of rotatable bonds is 9. The molecule has 0 saturated carbocycles. The fraction of sp³-hybridized carbons (Fsp3) is 0.296. The fourth-order valence-corrected chi connectivity index (χ4v) is 4.51. The molecule has 0 atom stereocenters. The van der Waals surface area contributed by atoms with E-state index >= 15 is 0 Å². The Labute approximate surface area is 213 Å². The number of benzene rings is 1. The molecular weight excluding hydrogens is 471 g/mol. The number of imidazole rings is 1. The molecule has 10 heteroatoms. The first-order valence-electron chi connectivity index (χ1n) is 12.4. The van der Waals surface area contributed by atoms with Gasteiger partial charge >= 0.3 is 5.69 Å². The van der Waals surface area contributed by atoms with Crippen molar-refractivity contribution in [2.24, 2.45) is 0 Å². The van der Waals surface area contributed by atoms with Crippen LogP contribution in [0.15, 0.2) is 65.8 Å². The van der Waals surface area contributed by atoms with Crippen molar-refractivity contribution in [2.75, 3.05) is 0 Å². The van der Waals surface area contributed by atoms with Gasteiger partial charge in [-0.15, -0.1) is 5.10 Å². The van der Waals surface area contributed by atoms with E-state index in [1.165, 1.54) is 10.6 Å². The number of aromatic amines is 1. The Kier molecular flexibility index (Phi) is 6.80. The van der Waals surface area contributed by atoms with Gasteiger partial charge in [-0.05, 0) is 72.5 Å². The highest BCUT2D eigenvalue weighted by Crippen LogP contribution is 2.25. The molecule has 0 amide bonds. The van der Waals surface area contributed by atoms with Crippen LogP contribution in [0.5, 0.6) is 0 Å². The molecular formula is C27H29FN8O. The van der Waals surface area contributed by atoms with Gasteiger partial charge in [-0.1, -0.05) is 31.5 Å². The maximum Gasteiger partial charge on any atom is 0.334 e. The van der Waals surface area contributed by atoms with Gasteiger partial charge in [0.15, 0.2) is 17.5 Å². The summed E-state index contributed by atoms with van der Waals surface area (Å²) in [6.45, 7) is 6.32. The molecule has 0 fully saturated rings. The highest BCUT2D eigenvalue weighted by Gasteiger charge is 2.20. The Morgan fingerprint density at radius 2 is 1.89 bits per heavy atom. The van der Waals surface area contributed by atoms with E-state index in [2.05, 4.69) is 32.5 Å². The molecule has 0 bridgehead atoms. The molecule has 5 aromatic rings. The molecule has 1 N–H and O–H groups in total. The van der Waals surface area contributed by atoms with Gasteiger partial charge in [0.1, 0.15) is 0 Å². The number of unbranched alkanes of at least 4 members (excludes halogenated alkanes) is 1. The minimum absolute atomic E-state index is 0.00990. The molecule has 0 aliphatic carbocycles. The third-order valence-electron chi connectivity index (χ3n) is 6.42. The lowest BCUT2D eigenvalue weighted by Gasteiger charge is -2.12. The second-order valence-electron chi connectivity index (χ2n) is 9.32. The molecule has 37 heavy (non-hydrogen) atoms. The first-order valence-corrected chi connectivity index (χ1v) is 12.4. The van der Waals surface area contributed by atoms with Crippen molar-refractivity contribution in [3.63, 3.8) is 0 Å². The number of aryl methyl sites for hydroxylation is 1. The molecule has 0 radical (unpaired) electrons. The normalized spacial score (nSPS) is 11.5. The van der Waals surface area contributed by atoms with E-state index in [4.69, 9.17) is 0 Å². The largest absolute Gasteiger partial charge is 0.334 e. The zero-order valence-corrected chi connectivity index (χ0v) is 21.1. The maximum absolute atomic E-state index is 14.8. The van der Waals surface area contributed by atoms with E-state index in [9.17, 15) is 9.18 Å². The van der Waals surface area contributed by atoms with Gasteiger partial charge in [-0.3, -0.25) is 14.1 Å². The number of hydrogen-bond donors (Lipinski definition) is 1. The average Bonchev–Trinajstić information content (AvgIpc) is 3.64. The standard InChI is InChI=1S/C27H29FN8O/c1-4-5-9-23-17-36(26-24(28)11-13-34(26)18(2)3)27(37)35(23)16-22-15-20(10-12-29-22)19-7-6-8-21(14-19)25-30-32-33-31-25/h6-8,10-15,17-18H,4-5,9,16H2,1-3H3,(H,30,31,32,33). The van der Waals surface area contributed by atoms with Crippen LogP contribution in [-0.2, 0) is 13.0 Å². The smallest absolute Gasteiger partial charge is 0.329 e. The summed E-state index contributed by atoms with van der Waals surface area (Å²) in [5, 5.41) is 14.1. The van der Waals surface area contributed by atoms with E-state index in [0.717, 1.165) is 47.3 Å². The predicted molar refractivity (Wildman–Crippen MR) is 139 cm³/mol. The van der Waals surface area contributed by atoms with Crippen LogP contribution in [0.1, 0.15) is 51.0 Å². The van der Waals surface area contributed by atoms with Crippen molar-refractivity contribution in [1.29, 1.82) is 0 Å². The first kappa shape index (κ1) is 24.4. The second kappa shape index (κ2) is 10.3. The monoisotopic (exact) mass is 500 g/mol. The van der Waals surface area contributed by atoms with Gasteiger partial charge in [0.2, 0.25) is 0 Å². The van der Waals surface area contributed by atoms with Crippen molar-refractivity contribution in [3.05, 3.63) is 88.7 Å². The Balaban J connectivity index is 1.52. The SMILES string of the molecule is CCCCc1cn(-c2c(F)ccn2C(C)C)c(=O)n1Cc1cc(-c2cccc(-c3nnn[nH]3)c2)ccn1. The quantitative estimate of drug-likeness (QED) is 0.314. The topological polar surface area (TPSA) is 99.2 Å². The number of tetrazole rings is 1. The Bertz CT molecular complexity index is 1560. The number of hydrogen-bond acceptors (Lipinski definition) is 5. The number of nitrogens with one attached hydrogen (secondary N) is 1. The lowest BCUT2D eigenvalue weighted by molar-refractivity contribution is 0.552. The molecule has 4 aromatic heterocycles. The van der Waals surface area contributed by atoms with Crippen LogP contribution in [-0.4, -0.2) is 39.3 Å². The van der Waals surface area contributed by atoms with E-state index in [-0.39, 0.29) is 24.1 Å². The molecule has 9 nitrogen and oxygen atoms in total. The van der Waals surface area contributed by atoms with Gasteiger partial charge < -0.3 is 4.57 Å². The summed E-state index contributed by atoms with van der Waals surface area (Å²) in [4.78, 5) is 18.2. The summed E-state index contributed by atoms with van der Waals surface area (Å²) >= 11 is 0. The lowest BCUT2D eigenvalue weighted by atomic mass is 10.0. The molecule has 0 aliphatic heterocycles. The van der Waals surface area contributed by atoms with E-state index < -0.39 is 5.82 Å². The van der Waals surface area contributed by atoms with Crippen LogP contribution in [0.2, 0.25) is 0 Å². The Morgan fingerprint density at radius 3 is 2.65 bits per heavy atom. The van der Waals surface area contributed by atoms with Crippen LogP contribution in [0.3, 0.4) is 0 Å². The van der Waals surface area contributed by atoms with Crippen LogP contribution in [0, 0.1) is 5.82 Å². The molecule has 190 valence electrons. The molecule has 0 aliphatic rings. The van der Waals surface area contributed by atoms with Crippen molar-refractivity contribution < 1.29 is 4.39 Å². The van der Waals surface area contributed by atoms with Crippen LogP contribution >= 0.6 is 0 Å². The summed E-state index contributed by atoms with van der Waals surface area (Å²) in [6, 6.07) is 13.2. The number of nitrogens with zero attached hydrogens (tertiary/aromatic N) is 7. The predicted octanol–water partition coefficient (Wildman–Crippen LogP) is 4.79. The van der Waals surface area contributed by atoms with Gasteiger partial charge in [0.25, 0.3) is 0 Å². The van der Waals surface area contributed by atoms with E-state index in [1.807, 2.05) is 50.2 Å². The van der Waals surface area contributed by atoms with E-state index in [0.29, 0.717) is 5.82 Å². The highest BCUT2D eigenvalue weighted by molar-refractivity contribution is 5.70. The minimum atomic E-state index is -0.419. The second-order valence-corrected chi connectivity index (χ2v) is 9.32. The lowest BCUT2D eigenvalue weighted by Crippen LogP contribution is -2.27. The molecule has 4 heterocycles. The molecule has 0 spiro atoms. The Hall–Kier alpha value is -4.34. The number of aromatic nitrogens is 8. The van der Waals surface area contributed by atoms with Crippen LogP contribution in [0.25, 0.3) is 28.3 Å². The summed E-state index contributed by atoms with van der Waals surface area (Å²) in [5.41, 5.74) is 4.12. The number of pyridine rings is 1. The van der Waals surface area contributed by atoms with Gasteiger partial charge in [0, 0.05) is 35.9 Å². The first-order chi connectivity index (χ1) is 18.0. The third-order valence-corrected chi connectivity index (χ3v) is 6.42. The number of H-pyrrole nitrogens is 1. The summed E-state index contributed by atoms with van der Waals surface area (Å²) in [6.07, 6.45) is 7.82.